The summed E-state index contributed by atoms with van der Waals surface area (Å²) in [4.78, 5) is 0. The quantitative estimate of drug-likeness (QED) is 0.808. The van der Waals surface area contributed by atoms with Gasteiger partial charge in [-0.1, -0.05) is 50.0 Å². The molecule has 0 radical (unpaired) electrons. The third kappa shape index (κ3) is 5.60. The molecule has 0 amide bonds. The zero-order valence-electron chi connectivity index (χ0n) is 11.7. The number of hydrogen-bond donors (Lipinski definition) is 1. The van der Waals surface area contributed by atoms with Crippen LogP contribution in [-0.2, 0) is 6.42 Å². The molecule has 0 saturated carbocycles. The topological polar surface area (TPSA) is 12.0 Å². The standard InChI is InChI=1S/C15H23Cl2N/c1-15(2,3)8-7-12(18-4)9-11-5-6-13(16)14(17)10-11/h5-6,10,12,18H,7-9H2,1-4H3. The van der Waals surface area contributed by atoms with Crippen LogP contribution in [0.15, 0.2) is 18.2 Å². The van der Waals surface area contributed by atoms with Crippen LogP contribution < -0.4 is 5.32 Å². The second kappa shape index (κ2) is 6.79. The molecule has 0 aliphatic rings. The van der Waals surface area contributed by atoms with Crippen molar-refractivity contribution in [1.29, 1.82) is 0 Å². The molecule has 1 rings (SSSR count). The van der Waals surface area contributed by atoms with Crippen molar-refractivity contribution in [2.24, 2.45) is 5.41 Å². The van der Waals surface area contributed by atoms with E-state index in [0.717, 1.165) is 6.42 Å². The fraction of sp³-hybridized carbons (Fsp3) is 0.600. The van der Waals surface area contributed by atoms with E-state index >= 15 is 0 Å². The van der Waals surface area contributed by atoms with Crippen LogP contribution in [0, 0.1) is 5.41 Å². The normalized spacial score (nSPS) is 13.7. The van der Waals surface area contributed by atoms with Crippen molar-refractivity contribution >= 4 is 23.2 Å². The minimum atomic E-state index is 0.382. The average molecular weight is 288 g/mol. The summed E-state index contributed by atoms with van der Waals surface area (Å²) >= 11 is 12.0. The van der Waals surface area contributed by atoms with Crippen molar-refractivity contribution in [3.8, 4) is 0 Å². The summed E-state index contributed by atoms with van der Waals surface area (Å²) in [5.41, 5.74) is 1.62. The second-order valence-corrected chi connectivity index (χ2v) is 6.85. The summed E-state index contributed by atoms with van der Waals surface area (Å²) in [7, 11) is 2.02. The van der Waals surface area contributed by atoms with Gasteiger partial charge in [-0.25, -0.2) is 0 Å². The summed E-state index contributed by atoms with van der Waals surface area (Å²) in [5.74, 6) is 0. The van der Waals surface area contributed by atoms with Gasteiger partial charge in [0.25, 0.3) is 0 Å². The van der Waals surface area contributed by atoms with Crippen LogP contribution in [0.25, 0.3) is 0 Å². The van der Waals surface area contributed by atoms with Crippen molar-refractivity contribution in [3.05, 3.63) is 33.8 Å². The van der Waals surface area contributed by atoms with Crippen molar-refractivity contribution in [2.75, 3.05) is 7.05 Å². The van der Waals surface area contributed by atoms with Crippen molar-refractivity contribution in [3.63, 3.8) is 0 Å². The lowest BCUT2D eigenvalue weighted by Gasteiger charge is -2.23. The summed E-state index contributed by atoms with van der Waals surface area (Å²) in [6, 6.07) is 6.37. The number of hydrogen-bond acceptors (Lipinski definition) is 1. The third-order valence-corrected chi connectivity index (χ3v) is 3.86. The maximum absolute atomic E-state index is 6.04. The Kier molecular flexibility index (Phi) is 5.97. The van der Waals surface area contributed by atoms with Gasteiger partial charge in [-0.15, -0.1) is 0 Å². The van der Waals surface area contributed by atoms with Gasteiger partial charge in [-0.05, 0) is 49.4 Å². The molecule has 102 valence electrons. The van der Waals surface area contributed by atoms with E-state index in [9.17, 15) is 0 Å². The van der Waals surface area contributed by atoms with E-state index in [4.69, 9.17) is 23.2 Å². The largest absolute Gasteiger partial charge is 0.317 e. The molecule has 0 aliphatic carbocycles. The lowest BCUT2D eigenvalue weighted by Crippen LogP contribution is -2.28. The number of rotatable bonds is 5. The van der Waals surface area contributed by atoms with Gasteiger partial charge in [0, 0.05) is 6.04 Å². The highest BCUT2D eigenvalue weighted by molar-refractivity contribution is 6.42. The highest BCUT2D eigenvalue weighted by Crippen LogP contribution is 2.25. The Labute approximate surface area is 121 Å². The van der Waals surface area contributed by atoms with E-state index in [1.807, 2.05) is 19.2 Å². The zero-order valence-corrected chi connectivity index (χ0v) is 13.2. The first kappa shape index (κ1) is 15.8. The number of likely N-dealkylation sites (N-methyl/N-ethyl adjacent to an activating group) is 1. The monoisotopic (exact) mass is 287 g/mol. The minimum absolute atomic E-state index is 0.382. The second-order valence-electron chi connectivity index (χ2n) is 6.04. The lowest BCUT2D eigenvalue weighted by molar-refractivity contribution is 0.334. The Bertz CT molecular complexity index is 383. The van der Waals surface area contributed by atoms with Crippen LogP contribution in [0.2, 0.25) is 10.0 Å². The highest BCUT2D eigenvalue weighted by Gasteiger charge is 2.15. The molecule has 0 spiro atoms. The third-order valence-electron chi connectivity index (χ3n) is 3.12. The van der Waals surface area contributed by atoms with Gasteiger partial charge < -0.3 is 5.32 Å². The first-order valence-corrected chi connectivity index (χ1v) is 7.18. The van der Waals surface area contributed by atoms with Gasteiger partial charge in [0.05, 0.1) is 10.0 Å². The molecular weight excluding hydrogens is 265 g/mol. The van der Waals surface area contributed by atoms with Gasteiger partial charge in [0.1, 0.15) is 0 Å². The van der Waals surface area contributed by atoms with E-state index in [-0.39, 0.29) is 0 Å². The van der Waals surface area contributed by atoms with Gasteiger partial charge in [0.2, 0.25) is 0 Å². The molecule has 0 bridgehead atoms. The van der Waals surface area contributed by atoms with Crippen molar-refractivity contribution in [1.82, 2.24) is 5.32 Å². The number of benzene rings is 1. The van der Waals surface area contributed by atoms with Crippen LogP contribution in [0.5, 0.6) is 0 Å². The number of nitrogens with one attached hydrogen (secondary N) is 1. The Balaban J connectivity index is 2.59. The Morgan fingerprint density at radius 3 is 2.33 bits per heavy atom. The molecular formula is C15H23Cl2N. The Hall–Kier alpha value is -0.240. The predicted octanol–water partition coefficient (Wildman–Crippen LogP) is 4.95. The summed E-state index contributed by atoms with van der Waals surface area (Å²) < 4.78 is 0. The predicted molar refractivity (Wildman–Crippen MR) is 81.7 cm³/mol. The van der Waals surface area contributed by atoms with Crippen LogP contribution >= 0.6 is 23.2 Å². The molecule has 1 atom stereocenters. The molecule has 0 saturated heterocycles. The molecule has 1 aromatic carbocycles. The fourth-order valence-electron chi connectivity index (χ4n) is 1.91. The summed E-state index contributed by atoms with van der Waals surface area (Å²) in [5, 5.41) is 4.64. The zero-order chi connectivity index (χ0) is 13.8. The van der Waals surface area contributed by atoms with E-state index in [1.165, 1.54) is 18.4 Å². The van der Waals surface area contributed by atoms with Crippen LogP contribution in [0.4, 0.5) is 0 Å². The minimum Gasteiger partial charge on any atom is -0.317 e. The molecule has 0 aliphatic heterocycles. The molecule has 1 unspecified atom stereocenters. The van der Waals surface area contributed by atoms with Gasteiger partial charge >= 0.3 is 0 Å². The molecule has 1 nitrogen and oxygen atoms in total. The molecule has 18 heavy (non-hydrogen) atoms. The molecule has 0 fully saturated rings. The van der Waals surface area contributed by atoms with E-state index < -0.39 is 0 Å². The highest BCUT2D eigenvalue weighted by atomic mass is 35.5. The molecule has 1 N–H and O–H groups in total. The maximum atomic E-state index is 6.04. The molecule has 3 heteroatoms. The Morgan fingerprint density at radius 1 is 1.17 bits per heavy atom. The van der Waals surface area contributed by atoms with E-state index in [0.29, 0.717) is 21.5 Å². The van der Waals surface area contributed by atoms with E-state index in [1.54, 1.807) is 0 Å². The lowest BCUT2D eigenvalue weighted by atomic mass is 9.87. The van der Waals surface area contributed by atoms with Gasteiger partial charge in [0.15, 0.2) is 0 Å². The molecule has 0 heterocycles. The molecule has 1 aromatic rings. The SMILES string of the molecule is CNC(CCC(C)(C)C)Cc1ccc(Cl)c(Cl)c1. The first-order valence-electron chi connectivity index (χ1n) is 6.43. The smallest absolute Gasteiger partial charge is 0.0595 e. The first-order chi connectivity index (χ1) is 8.31. The van der Waals surface area contributed by atoms with Crippen LogP contribution in [0.1, 0.15) is 39.2 Å². The van der Waals surface area contributed by atoms with Crippen LogP contribution in [0.3, 0.4) is 0 Å². The number of halogens is 2. The fourth-order valence-corrected chi connectivity index (χ4v) is 2.23. The molecule has 0 aromatic heterocycles. The Morgan fingerprint density at radius 2 is 1.83 bits per heavy atom. The van der Waals surface area contributed by atoms with Gasteiger partial charge in [-0.2, -0.15) is 0 Å². The van der Waals surface area contributed by atoms with Crippen LogP contribution in [-0.4, -0.2) is 13.1 Å². The maximum Gasteiger partial charge on any atom is 0.0595 e. The van der Waals surface area contributed by atoms with Crippen molar-refractivity contribution < 1.29 is 0 Å². The summed E-state index contributed by atoms with van der Waals surface area (Å²) in [6.45, 7) is 6.83. The van der Waals surface area contributed by atoms with E-state index in [2.05, 4.69) is 32.2 Å². The average Bonchev–Trinajstić information content (AvgIpc) is 2.28. The van der Waals surface area contributed by atoms with Gasteiger partial charge in [-0.3, -0.25) is 0 Å². The van der Waals surface area contributed by atoms with Crippen molar-refractivity contribution in [2.45, 2.75) is 46.1 Å². The summed E-state index contributed by atoms with van der Waals surface area (Å²) in [6.07, 6.45) is 3.36.